The molecule has 0 saturated carbocycles. The maximum Gasteiger partial charge on any atom is 0.253 e. The lowest BCUT2D eigenvalue weighted by Crippen LogP contribution is -2.38. The summed E-state index contributed by atoms with van der Waals surface area (Å²) in [5, 5.41) is 6.00. The van der Waals surface area contributed by atoms with Gasteiger partial charge in [-0.15, -0.1) is 24.8 Å². The summed E-state index contributed by atoms with van der Waals surface area (Å²) in [4.78, 5) is 21.0. The van der Waals surface area contributed by atoms with Crippen molar-refractivity contribution < 1.29 is 9.18 Å². The van der Waals surface area contributed by atoms with Crippen LogP contribution >= 0.6 is 24.8 Å². The Morgan fingerprint density at radius 2 is 1.83 bits per heavy atom. The van der Waals surface area contributed by atoms with Gasteiger partial charge in [0.15, 0.2) is 0 Å². The molecule has 0 aliphatic carbocycles. The van der Waals surface area contributed by atoms with Gasteiger partial charge in [0.25, 0.3) is 5.91 Å². The molecule has 1 heterocycles. The maximum absolute atomic E-state index is 13.7. The minimum atomic E-state index is -0.491. The van der Waals surface area contributed by atoms with E-state index in [1.54, 1.807) is 0 Å². The SMILES string of the molecule is CCN[C@H](C)CNC(=O)c1cc(F)cc2nc(C)c(C)nc12.Cl.Cl. The Morgan fingerprint density at radius 1 is 1.21 bits per heavy atom. The van der Waals surface area contributed by atoms with E-state index in [1.807, 2.05) is 27.7 Å². The van der Waals surface area contributed by atoms with Gasteiger partial charge in [0.05, 0.1) is 22.5 Å². The summed E-state index contributed by atoms with van der Waals surface area (Å²) in [6.07, 6.45) is 0. The lowest BCUT2D eigenvalue weighted by Gasteiger charge is -2.14. The molecule has 0 aliphatic heterocycles. The first kappa shape index (κ1) is 22.5. The molecule has 0 aliphatic rings. The number of fused-ring (bicyclic) bond motifs is 1. The molecule has 1 atom stereocenters. The number of likely N-dealkylation sites (N-methyl/N-ethyl adjacent to an activating group) is 1. The smallest absolute Gasteiger partial charge is 0.253 e. The molecule has 5 nitrogen and oxygen atoms in total. The number of hydrogen-bond donors (Lipinski definition) is 2. The fourth-order valence-corrected chi connectivity index (χ4v) is 2.23. The van der Waals surface area contributed by atoms with Crippen LogP contribution in [-0.2, 0) is 0 Å². The summed E-state index contributed by atoms with van der Waals surface area (Å²) in [5.74, 6) is -0.832. The number of amides is 1. The van der Waals surface area contributed by atoms with Crippen molar-refractivity contribution in [3.05, 3.63) is 34.9 Å². The third kappa shape index (κ3) is 5.26. The standard InChI is InChI=1S/C16H21FN4O.2ClH/c1-5-18-9(2)8-19-16(22)13-6-12(17)7-14-15(13)21-11(4)10(3)20-14;;/h6-7,9,18H,5,8H2,1-4H3,(H,19,22);2*1H/t9-;;/m1../s1. The molecule has 1 aromatic carbocycles. The quantitative estimate of drug-likeness (QED) is 0.841. The topological polar surface area (TPSA) is 66.9 Å². The lowest BCUT2D eigenvalue weighted by atomic mass is 10.1. The monoisotopic (exact) mass is 376 g/mol. The largest absolute Gasteiger partial charge is 0.350 e. The van der Waals surface area contributed by atoms with Crippen LogP contribution in [0.3, 0.4) is 0 Å². The molecule has 2 rings (SSSR count). The van der Waals surface area contributed by atoms with Crippen LogP contribution in [0.15, 0.2) is 12.1 Å². The van der Waals surface area contributed by atoms with E-state index in [0.29, 0.717) is 17.6 Å². The summed E-state index contributed by atoms with van der Waals surface area (Å²) in [6.45, 7) is 8.89. The molecule has 0 fully saturated rings. The molecule has 0 bridgehead atoms. The van der Waals surface area contributed by atoms with E-state index < -0.39 is 5.82 Å². The molecule has 24 heavy (non-hydrogen) atoms. The van der Waals surface area contributed by atoms with Gasteiger partial charge >= 0.3 is 0 Å². The minimum Gasteiger partial charge on any atom is -0.350 e. The van der Waals surface area contributed by atoms with Crippen molar-refractivity contribution in [1.82, 2.24) is 20.6 Å². The Kier molecular flexibility index (Phi) is 9.11. The van der Waals surface area contributed by atoms with Gasteiger partial charge < -0.3 is 10.6 Å². The van der Waals surface area contributed by atoms with Crippen molar-refractivity contribution in [2.75, 3.05) is 13.1 Å². The molecule has 8 heteroatoms. The first-order valence-corrected chi connectivity index (χ1v) is 7.38. The van der Waals surface area contributed by atoms with E-state index in [4.69, 9.17) is 0 Å². The van der Waals surface area contributed by atoms with Crippen molar-refractivity contribution in [2.45, 2.75) is 33.7 Å². The van der Waals surface area contributed by atoms with E-state index in [1.165, 1.54) is 12.1 Å². The van der Waals surface area contributed by atoms with Crippen molar-refractivity contribution in [1.29, 1.82) is 0 Å². The van der Waals surface area contributed by atoms with Crippen LogP contribution in [0.5, 0.6) is 0 Å². The normalized spacial score (nSPS) is 11.4. The molecule has 2 N–H and O–H groups in total. The van der Waals surface area contributed by atoms with Crippen LogP contribution in [0.1, 0.15) is 35.6 Å². The highest BCUT2D eigenvalue weighted by atomic mass is 35.5. The Balaban J connectivity index is 0.00000264. The van der Waals surface area contributed by atoms with Crippen molar-refractivity contribution in [3.8, 4) is 0 Å². The highest BCUT2D eigenvalue weighted by Crippen LogP contribution is 2.19. The minimum absolute atomic E-state index is 0. The lowest BCUT2D eigenvalue weighted by molar-refractivity contribution is 0.0951. The summed E-state index contributed by atoms with van der Waals surface area (Å²) in [5.41, 5.74) is 2.50. The molecule has 134 valence electrons. The predicted molar refractivity (Wildman–Crippen MR) is 98.9 cm³/mol. The molecule has 2 aromatic rings. The summed E-state index contributed by atoms with van der Waals surface area (Å²) < 4.78 is 13.7. The van der Waals surface area contributed by atoms with Gasteiger partial charge in [0, 0.05) is 18.7 Å². The van der Waals surface area contributed by atoms with Crippen LogP contribution in [-0.4, -0.2) is 35.0 Å². The van der Waals surface area contributed by atoms with E-state index in [9.17, 15) is 9.18 Å². The van der Waals surface area contributed by atoms with E-state index in [2.05, 4.69) is 20.6 Å². The van der Waals surface area contributed by atoms with Crippen LogP contribution in [0, 0.1) is 19.7 Å². The number of rotatable bonds is 5. The number of benzene rings is 1. The molecule has 0 spiro atoms. The molecular formula is C16H23Cl2FN4O. The molecule has 0 saturated heterocycles. The molecule has 1 aromatic heterocycles. The Bertz CT molecular complexity index is 712. The number of hydrogen-bond acceptors (Lipinski definition) is 4. The Morgan fingerprint density at radius 3 is 2.46 bits per heavy atom. The maximum atomic E-state index is 13.7. The molecular weight excluding hydrogens is 354 g/mol. The average molecular weight is 377 g/mol. The number of nitrogens with one attached hydrogen (secondary N) is 2. The van der Waals surface area contributed by atoms with Crippen LogP contribution in [0.4, 0.5) is 4.39 Å². The van der Waals surface area contributed by atoms with Gasteiger partial charge in [0.2, 0.25) is 0 Å². The molecule has 0 radical (unpaired) electrons. The second kappa shape index (κ2) is 9.71. The van der Waals surface area contributed by atoms with Gasteiger partial charge in [-0.3, -0.25) is 4.79 Å². The number of carbonyl (C=O) groups is 1. The third-order valence-corrected chi connectivity index (χ3v) is 3.51. The van der Waals surface area contributed by atoms with E-state index in [-0.39, 0.29) is 42.3 Å². The van der Waals surface area contributed by atoms with Crippen molar-refractivity contribution in [2.24, 2.45) is 0 Å². The molecule has 1 amide bonds. The first-order chi connectivity index (χ1) is 10.4. The van der Waals surface area contributed by atoms with Crippen LogP contribution in [0.25, 0.3) is 11.0 Å². The highest BCUT2D eigenvalue weighted by molar-refractivity contribution is 6.04. The highest BCUT2D eigenvalue weighted by Gasteiger charge is 2.16. The van der Waals surface area contributed by atoms with Gasteiger partial charge in [0.1, 0.15) is 11.3 Å². The number of nitrogens with zero attached hydrogens (tertiary/aromatic N) is 2. The molecule has 0 unspecified atom stereocenters. The number of halogens is 3. The van der Waals surface area contributed by atoms with Crippen molar-refractivity contribution in [3.63, 3.8) is 0 Å². The fraction of sp³-hybridized carbons (Fsp3) is 0.438. The van der Waals surface area contributed by atoms with Crippen molar-refractivity contribution >= 4 is 41.8 Å². The number of aromatic nitrogens is 2. The Labute approximate surface area is 153 Å². The predicted octanol–water partition coefficient (Wildman–Crippen LogP) is 2.96. The van der Waals surface area contributed by atoms with E-state index in [0.717, 1.165) is 17.9 Å². The first-order valence-electron chi connectivity index (χ1n) is 7.38. The second-order valence-corrected chi connectivity index (χ2v) is 5.38. The van der Waals surface area contributed by atoms with Gasteiger partial charge in [-0.2, -0.15) is 0 Å². The Hall–Kier alpha value is -1.50. The van der Waals surface area contributed by atoms with Crippen LogP contribution in [0.2, 0.25) is 0 Å². The van der Waals surface area contributed by atoms with Gasteiger partial charge in [-0.25, -0.2) is 14.4 Å². The summed E-state index contributed by atoms with van der Waals surface area (Å²) in [6, 6.07) is 2.65. The zero-order chi connectivity index (χ0) is 16.3. The summed E-state index contributed by atoms with van der Waals surface area (Å²) >= 11 is 0. The van der Waals surface area contributed by atoms with E-state index >= 15 is 0 Å². The number of aryl methyl sites for hydroxylation is 2. The zero-order valence-corrected chi connectivity index (χ0v) is 15.8. The van der Waals surface area contributed by atoms with Gasteiger partial charge in [-0.1, -0.05) is 6.92 Å². The second-order valence-electron chi connectivity index (χ2n) is 5.38. The number of carbonyl (C=O) groups excluding carboxylic acids is 1. The zero-order valence-electron chi connectivity index (χ0n) is 14.1. The van der Waals surface area contributed by atoms with Crippen LogP contribution < -0.4 is 10.6 Å². The fourth-order valence-electron chi connectivity index (χ4n) is 2.23. The summed E-state index contributed by atoms with van der Waals surface area (Å²) in [7, 11) is 0. The van der Waals surface area contributed by atoms with Gasteiger partial charge in [-0.05, 0) is 33.4 Å². The third-order valence-electron chi connectivity index (χ3n) is 3.51. The average Bonchev–Trinajstić information content (AvgIpc) is 2.46.